The minimum absolute atomic E-state index is 0.0104. The molecule has 0 aliphatic rings. The van der Waals surface area contributed by atoms with E-state index in [0.717, 1.165) is 5.56 Å². The zero-order valence-corrected chi connectivity index (χ0v) is 14.5. The Hall–Kier alpha value is -1.31. The van der Waals surface area contributed by atoms with Crippen molar-refractivity contribution in [2.75, 3.05) is 12.9 Å². The molecule has 0 aliphatic heterocycles. The van der Waals surface area contributed by atoms with Gasteiger partial charge in [0.2, 0.25) is 11.8 Å². The van der Waals surface area contributed by atoms with Crippen LogP contribution in [-0.2, 0) is 11.2 Å². The minimum Gasteiger partial charge on any atom is -0.441 e. The Morgan fingerprint density at radius 1 is 1.59 bits per heavy atom. The normalized spacial score (nSPS) is 13.8. The van der Waals surface area contributed by atoms with Crippen molar-refractivity contribution in [1.29, 1.82) is 0 Å². The number of amides is 1. The molecule has 2 heterocycles. The maximum atomic E-state index is 12.1. The monoisotopic (exact) mass is 340 g/mol. The van der Waals surface area contributed by atoms with E-state index in [1.54, 1.807) is 11.3 Å². The van der Waals surface area contributed by atoms with Crippen molar-refractivity contribution in [3.05, 3.63) is 28.3 Å². The van der Waals surface area contributed by atoms with Crippen LogP contribution in [0.4, 0.5) is 0 Å². The Labute approximate surface area is 138 Å². The molecule has 5 nitrogen and oxygen atoms in total. The van der Waals surface area contributed by atoms with Crippen LogP contribution in [0.1, 0.15) is 18.4 Å². The first kappa shape index (κ1) is 17.1. The number of hydrogen-bond donors (Lipinski definition) is 2. The second-order valence-electron chi connectivity index (χ2n) is 5.02. The number of aliphatic hydroxyl groups is 1. The number of carbonyl (C=O) groups is 1. The summed E-state index contributed by atoms with van der Waals surface area (Å²) in [4.78, 5) is 16.5. The van der Waals surface area contributed by atoms with Gasteiger partial charge in [-0.3, -0.25) is 4.79 Å². The van der Waals surface area contributed by atoms with Gasteiger partial charge in [-0.2, -0.15) is 23.1 Å². The highest BCUT2D eigenvalue weighted by molar-refractivity contribution is 7.99. The topological polar surface area (TPSA) is 75.4 Å². The van der Waals surface area contributed by atoms with Gasteiger partial charge in [0, 0.05) is 22.2 Å². The molecule has 0 bridgehead atoms. The summed E-state index contributed by atoms with van der Waals surface area (Å²) in [5, 5.41) is 16.1. The van der Waals surface area contributed by atoms with E-state index in [-0.39, 0.29) is 30.2 Å². The van der Waals surface area contributed by atoms with Gasteiger partial charge in [-0.25, -0.2) is 4.98 Å². The SMILES string of the molecule is CSC(CO)C(C)NC(=O)Cc1nc(-c2ccsc2)oc1C. The molecular weight excluding hydrogens is 320 g/mol. The molecule has 0 radical (unpaired) electrons. The van der Waals surface area contributed by atoms with Gasteiger partial charge in [-0.1, -0.05) is 0 Å². The zero-order chi connectivity index (χ0) is 16.1. The fourth-order valence-corrected chi connectivity index (χ4v) is 3.34. The quantitative estimate of drug-likeness (QED) is 0.810. The maximum absolute atomic E-state index is 12.1. The summed E-state index contributed by atoms with van der Waals surface area (Å²) in [7, 11) is 0. The predicted molar refractivity (Wildman–Crippen MR) is 90.3 cm³/mol. The number of thiophene rings is 1. The fourth-order valence-electron chi connectivity index (χ4n) is 2.09. The lowest BCUT2D eigenvalue weighted by atomic mass is 10.2. The van der Waals surface area contributed by atoms with Crippen molar-refractivity contribution >= 4 is 29.0 Å². The molecule has 2 rings (SSSR count). The molecule has 0 fully saturated rings. The van der Waals surface area contributed by atoms with Gasteiger partial charge in [-0.05, 0) is 31.5 Å². The number of aromatic nitrogens is 1. The summed E-state index contributed by atoms with van der Waals surface area (Å²) < 4.78 is 5.63. The van der Waals surface area contributed by atoms with Gasteiger partial charge in [0.05, 0.1) is 18.7 Å². The zero-order valence-electron chi connectivity index (χ0n) is 12.8. The van der Waals surface area contributed by atoms with E-state index in [1.165, 1.54) is 11.8 Å². The molecule has 0 aromatic carbocycles. The molecule has 120 valence electrons. The lowest BCUT2D eigenvalue weighted by Gasteiger charge is -2.21. The van der Waals surface area contributed by atoms with Gasteiger partial charge >= 0.3 is 0 Å². The standard InChI is InChI=1S/C15H20N2O3S2/c1-9(13(7-18)21-3)16-14(19)6-12-10(2)20-15(17-12)11-4-5-22-8-11/h4-5,8-9,13,18H,6-7H2,1-3H3,(H,16,19). The number of nitrogens with zero attached hydrogens (tertiary/aromatic N) is 1. The third-order valence-electron chi connectivity index (χ3n) is 3.42. The number of oxazole rings is 1. The number of rotatable bonds is 7. The molecule has 22 heavy (non-hydrogen) atoms. The van der Waals surface area contributed by atoms with Crippen molar-refractivity contribution < 1.29 is 14.3 Å². The Bertz CT molecular complexity index is 606. The highest BCUT2D eigenvalue weighted by Crippen LogP contribution is 2.24. The van der Waals surface area contributed by atoms with E-state index in [1.807, 2.05) is 36.9 Å². The highest BCUT2D eigenvalue weighted by Gasteiger charge is 2.20. The van der Waals surface area contributed by atoms with E-state index in [0.29, 0.717) is 17.3 Å². The van der Waals surface area contributed by atoms with Crippen LogP contribution < -0.4 is 5.32 Å². The number of thioether (sulfide) groups is 1. The number of aliphatic hydroxyl groups excluding tert-OH is 1. The molecule has 0 saturated carbocycles. The van der Waals surface area contributed by atoms with E-state index in [4.69, 9.17) is 4.42 Å². The molecule has 0 spiro atoms. The predicted octanol–water partition coefficient (Wildman–Crippen LogP) is 2.48. The van der Waals surface area contributed by atoms with Crippen LogP contribution in [0, 0.1) is 6.92 Å². The number of carbonyl (C=O) groups excluding carboxylic acids is 1. The summed E-state index contributed by atoms with van der Waals surface area (Å²) in [5.74, 6) is 1.09. The van der Waals surface area contributed by atoms with Gasteiger partial charge in [-0.15, -0.1) is 0 Å². The Kier molecular flexibility index (Phi) is 6.05. The summed E-state index contributed by atoms with van der Waals surface area (Å²) in [6.45, 7) is 3.74. The largest absolute Gasteiger partial charge is 0.441 e. The van der Waals surface area contributed by atoms with Gasteiger partial charge in [0.25, 0.3) is 0 Å². The van der Waals surface area contributed by atoms with Crippen LogP contribution in [0.3, 0.4) is 0 Å². The first-order valence-corrected chi connectivity index (χ1v) is 9.20. The van der Waals surface area contributed by atoms with Crippen molar-refractivity contribution in [3.8, 4) is 11.5 Å². The lowest BCUT2D eigenvalue weighted by Crippen LogP contribution is -2.42. The van der Waals surface area contributed by atoms with E-state index >= 15 is 0 Å². The Morgan fingerprint density at radius 3 is 2.95 bits per heavy atom. The maximum Gasteiger partial charge on any atom is 0.227 e. The van der Waals surface area contributed by atoms with Crippen LogP contribution in [0.5, 0.6) is 0 Å². The average molecular weight is 340 g/mol. The molecule has 2 atom stereocenters. The van der Waals surface area contributed by atoms with Gasteiger partial charge < -0.3 is 14.8 Å². The summed E-state index contributed by atoms with van der Waals surface area (Å²) in [5.41, 5.74) is 1.58. The lowest BCUT2D eigenvalue weighted by molar-refractivity contribution is -0.121. The van der Waals surface area contributed by atoms with E-state index in [9.17, 15) is 9.90 Å². The van der Waals surface area contributed by atoms with Crippen LogP contribution in [-0.4, -0.2) is 40.2 Å². The molecule has 7 heteroatoms. The minimum atomic E-state index is -0.117. The third-order valence-corrected chi connectivity index (χ3v) is 5.26. The number of aryl methyl sites for hydroxylation is 1. The molecule has 2 aromatic rings. The number of nitrogens with one attached hydrogen (secondary N) is 1. The van der Waals surface area contributed by atoms with Gasteiger partial charge in [0.1, 0.15) is 5.76 Å². The molecule has 0 aliphatic carbocycles. The van der Waals surface area contributed by atoms with Crippen molar-refractivity contribution in [3.63, 3.8) is 0 Å². The fraction of sp³-hybridized carbons (Fsp3) is 0.467. The molecule has 1 amide bonds. The molecule has 2 unspecified atom stereocenters. The molecule has 2 aromatic heterocycles. The first-order valence-electron chi connectivity index (χ1n) is 6.97. The first-order chi connectivity index (χ1) is 10.5. The second kappa shape index (κ2) is 7.80. The second-order valence-corrected chi connectivity index (χ2v) is 6.88. The summed E-state index contributed by atoms with van der Waals surface area (Å²) >= 11 is 3.11. The van der Waals surface area contributed by atoms with Crippen LogP contribution in [0.2, 0.25) is 0 Å². The van der Waals surface area contributed by atoms with Crippen molar-refractivity contribution in [2.24, 2.45) is 0 Å². The smallest absolute Gasteiger partial charge is 0.227 e. The number of hydrogen-bond acceptors (Lipinski definition) is 6. The highest BCUT2D eigenvalue weighted by atomic mass is 32.2. The Balaban J connectivity index is 2.00. The van der Waals surface area contributed by atoms with E-state index < -0.39 is 0 Å². The molecule has 2 N–H and O–H groups in total. The van der Waals surface area contributed by atoms with Crippen LogP contribution >= 0.6 is 23.1 Å². The Morgan fingerprint density at radius 2 is 2.36 bits per heavy atom. The molecular formula is C15H20N2O3S2. The van der Waals surface area contributed by atoms with Crippen molar-refractivity contribution in [1.82, 2.24) is 10.3 Å². The van der Waals surface area contributed by atoms with Crippen molar-refractivity contribution in [2.45, 2.75) is 31.6 Å². The summed E-state index contributed by atoms with van der Waals surface area (Å²) in [6, 6.07) is 1.84. The third kappa shape index (κ3) is 4.12. The van der Waals surface area contributed by atoms with E-state index in [2.05, 4.69) is 10.3 Å². The van der Waals surface area contributed by atoms with Crippen LogP contribution in [0.15, 0.2) is 21.2 Å². The van der Waals surface area contributed by atoms with Gasteiger partial charge in [0.15, 0.2) is 0 Å². The molecule has 0 saturated heterocycles. The van der Waals surface area contributed by atoms with Crippen LogP contribution in [0.25, 0.3) is 11.5 Å². The average Bonchev–Trinajstić information content (AvgIpc) is 3.10. The summed E-state index contributed by atoms with van der Waals surface area (Å²) in [6.07, 6.45) is 2.09.